The van der Waals surface area contributed by atoms with Crippen molar-refractivity contribution in [1.29, 1.82) is 0 Å². The highest BCUT2D eigenvalue weighted by atomic mass is 16.5. The molecule has 0 saturated carbocycles. The fourth-order valence-corrected chi connectivity index (χ4v) is 2.59. The third-order valence-electron chi connectivity index (χ3n) is 3.73. The first-order valence-electron chi connectivity index (χ1n) is 8.01. The Hall–Kier alpha value is -3.41. The van der Waals surface area contributed by atoms with Gasteiger partial charge in [0.1, 0.15) is 23.6 Å². The SMILES string of the molecule is Cc1cc(NCc2cccc(Oc3ccccc3)c2)n2ncnc2n1. The lowest BCUT2D eigenvalue weighted by Crippen LogP contribution is -2.07. The number of para-hydroxylation sites is 1. The molecule has 0 amide bonds. The normalized spacial score (nSPS) is 10.8. The van der Waals surface area contributed by atoms with Gasteiger partial charge in [0.15, 0.2) is 0 Å². The van der Waals surface area contributed by atoms with E-state index in [1.54, 1.807) is 4.52 Å². The van der Waals surface area contributed by atoms with E-state index >= 15 is 0 Å². The van der Waals surface area contributed by atoms with Gasteiger partial charge in [-0.25, -0.2) is 4.98 Å². The molecule has 0 bridgehead atoms. The fraction of sp³-hybridized carbons (Fsp3) is 0.105. The molecule has 6 nitrogen and oxygen atoms in total. The molecule has 0 aliphatic rings. The van der Waals surface area contributed by atoms with Crippen molar-refractivity contribution in [2.24, 2.45) is 0 Å². The van der Waals surface area contributed by atoms with Crippen LogP contribution in [0, 0.1) is 6.92 Å². The lowest BCUT2D eigenvalue weighted by Gasteiger charge is -2.10. The molecule has 0 aliphatic carbocycles. The molecule has 2 aromatic heterocycles. The third kappa shape index (κ3) is 3.42. The van der Waals surface area contributed by atoms with Gasteiger partial charge in [0.05, 0.1) is 0 Å². The summed E-state index contributed by atoms with van der Waals surface area (Å²) in [5.74, 6) is 3.07. The highest BCUT2D eigenvalue weighted by Gasteiger charge is 2.06. The maximum absolute atomic E-state index is 5.88. The van der Waals surface area contributed by atoms with Gasteiger partial charge in [-0.1, -0.05) is 30.3 Å². The molecule has 2 aromatic carbocycles. The van der Waals surface area contributed by atoms with Gasteiger partial charge in [0, 0.05) is 18.3 Å². The monoisotopic (exact) mass is 331 g/mol. The summed E-state index contributed by atoms with van der Waals surface area (Å²) < 4.78 is 7.57. The Kier molecular flexibility index (Phi) is 4.00. The lowest BCUT2D eigenvalue weighted by molar-refractivity contribution is 0.482. The van der Waals surface area contributed by atoms with Crippen LogP contribution in [0.3, 0.4) is 0 Å². The zero-order valence-corrected chi connectivity index (χ0v) is 13.8. The van der Waals surface area contributed by atoms with Gasteiger partial charge < -0.3 is 10.1 Å². The minimum absolute atomic E-state index is 0.587. The summed E-state index contributed by atoms with van der Waals surface area (Å²) in [5, 5.41) is 7.59. The molecular weight excluding hydrogens is 314 g/mol. The molecule has 0 aliphatic heterocycles. The second-order valence-corrected chi connectivity index (χ2v) is 5.67. The molecule has 0 atom stereocenters. The Balaban J connectivity index is 1.51. The summed E-state index contributed by atoms with van der Waals surface area (Å²) in [6.45, 7) is 2.58. The van der Waals surface area contributed by atoms with Crippen molar-refractivity contribution < 1.29 is 4.74 Å². The van der Waals surface area contributed by atoms with Crippen LogP contribution in [0.15, 0.2) is 67.0 Å². The number of aryl methyl sites for hydroxylation is 1. The van der Waals surface area contributed by atoms with E-state index in [2.05, 4.69) is 26.4 Å². The molecule has 1 N–H and O–H groups in total. The molecule has 0 spiro atoms. The predicted molar refractivity (Wildman–Crippen MR) is 95.8 cm³/mol. The molecular formula is C19H17N5O. The number of ether oxygens (including phenoxy) is 1. The van der Waals surface area contributed by atoms with Crippen molar-refractivity contribution in [1.82, 2.24) is 19.6 Å². The fourth-order valence-electron chi connectivity index (χ4n) is 2.59. The van der Waals surface area contributed by atoms with Crippen molar-refractivity contribution in [2.45, 2.75) is 13.5 Å². The summed E-state index contributed by atoms with van der Waals surface area (Å²) in [6.07, 6.45) is 1.50. The van der Waals surface area contributed by atoms with Crippen LogP contribution in [-0.2, 0) is 6.54 Å². The Morgan fingerprint density at radius 1 is 1.00 bits per heavy atom. The molecule has 0 saturated heterocycles. The van der Waals surface area contributed by atoms with Crippen molar-refractivity contribution in [3.05, 3.63) is 78.2 Å². The largest absolute Gasteiger partial charge is 0.457 e. The molecule has 25 heavy (non-hydrogen) atoms. The van der Waals surface area contributed by atoms with Crippen LogP contribution in [0.5, 0.6) is 11.5 Å². The third-order valence-corrected chi connectivity index (χ3v) is 3.73. The second kappa shape index (κ2) is 6.60. The van der Waals surface area contributed by atoms with E-state index in [4.69, 9.17) is 4.74 Å². The topological polar surface area (TPSA) is 64.3 Å². The van der Waals surface area contributed by atoms with Crippen molar-refractivity contribution in [3.63, 3.8) is 0 Å². The van der Waals surface area contributed by atoms with Gasteiger partial charge in [0.2, 0.25) is 0 Å². The van der Waals surface area contributed by atoms with Crippen molar-refractivity contribution >= 4 is 11.6 Å². The van der Waals surface area contributed by atoms with E-state index in [0.29, 0.717) is 12.3 Å². The summed E-state index contributed by atoms with van der Waals surface area (Å²) >= 11 is 0. The molecule has 2 heterocycles. The van der Waals surface area contributed by atoms with E-state index in [-0.39, 0.29) is 0 Å². The smallest absolute Gasteiger partial charge is 0.254 e. The maximum atomic E-state index is 5.88. The van der Waals surface area contributed by atoms with Crippen LogP contribution in [0.25, 0.3) is 5.78 Å². The number of anilines is 1. The van der Waals surface area contributed by atoms with Gasteiger partial charge in [-0.3, -0.25) is 0 Å². The molecule has 0 unspecified atom stereocenters. The van der Waals surface area contributed by atoms with Crippen LogP contribution < -0.4 is 10.1 Å². The maximum Gasteiger partial charge on any atom is 0.254 e. The van der Waals surface area contributed by atoms with Gasteiger partial charge in [-0.2, -0.15) is 14.6 Å². The average molecular weight is 331 g/mol. The summed E-state index contributed by atoms with van der Waals surface area (Å²) in [5.41, 5.74) is 2.00. The number of aromatic nitrogens is 4. The number of rotatable bonds is 5. The van der Waals surface area contributed by atoms with E-state index < -0.39 is 0 Å². The molecule has 0 fully saturated rings. The first-order chi connectivity index (χ1) is 12.3. The Morgan fingerprint density at radius 3 is 2.72 bits per heavy atom. The minimum atomic E-state index is 0.587. The Labute approximate surface area is 145 Å². The lowest BCUT2D eigenvalue weighted by atomic mass is 10.2. The van der Waals surface area contributed by atoms with Gasteiger partial charge in [-0.15, -0.1) is 0 Å². The number of fused-ring (bicyclic) bond motifs is 1. The highest BCUT2D eigenvalue weighted by molar-refractivity contribution is 5.45. The molecule has 4 aromatic rings. The first-order valence-corrected chi connectivity index (χ1v) is 8.01. The number of nitrogens with one attached hydrogen (secondary N) is 1. The summed E-state index contributed by atoms with van der Waals surface area (Å²) in [7, 11) is 0. The van der Waals surface area contributed by atoms with E-state index in [1.165, 1.54) is 6.33 Å². The summed E-state index contributed by atoms with van der Waals surface area (Å²) in [6, 6.07) is 19.7. The van der Waals surface area contributed by atoms with Gasteiger partial charge in [-0.05, 0) is 36.8 Å². The van der Waals surface area contributed by atoms with Crippen molar-refractivity contribution in [2.75, 3.05) is 5.32 Å². The molecule has 124 valence electrons. The quantitative estimate of drug-likeness (QED) is 0.602. The van der Waals surface area contributed by atoms with Crippen LogP contribution in [-0.4, -0.2) is 19.6 Å². The van der Waals surface area contributed by atoms with Gasteiger partial charge >= 0.3 is 0 Å². The Bertz CT molecular complexity index is 997. The van der Waals surface area contributed by atoms with E-state index in [0.717, 1.165) is 28.6 Å². The van der Waals surface area contributed by atoms with Crippen LogP contribution >= 0.6 is 0 Å². The number of hydrogen-bond acceptors (Lipinski definition) is 5. The number of hydrogen-bond donors (Lipinski definition) is 1. The average Bonchev–Trinajstić information content (AvgIpc) is 3.09. The van der Waals surface area contributed by atoms with E-state index in [1.807, 2.05) is 61.5 Å². The van der Waals surface area contributed by atoms with Crippen LogP contribution in [0.4, 0.5) is 5.82 Å². The zero-order valence-electron chi connectivity index (χ0n) is 13.8. The standard InChI is InChI=1S/C19H17N5O/c1-14-10-18(24-19(23-14)21-13-22-24)20-12-15-6-5-9-17(11-15)25-16-7-3-2-4-8-16/h2-11,13,20H,12H2,1H3. The van der Waals surface area contributed by atoms with Crippen LogP contribution in [0.1, 0.15) is 11.3 Å². The molecule has 6 heteroatoms. The van der Waals surface area contributed by atoms with Crippen molar-refractivity contribution in [3.8, 4) is 11.5 Å². The predicted octanol–water partition coefficient (Wildman–Crippen LogP) is 3.84. The highest BCUT2D eigenvalue weighted by Crippen LogP contribution is 2.22. The first kappa shape index (κ1) is 15.1. The molecule has 0 radical (unpaired) electrons. The Morgan fingerprint density at radius 2 is 1.84 bits per heavy atom. The van der Waals surface area contributed by atoms with E-state index in [9.17, 15) is 0 Å². The molecule has 4 rings (SSSR count). The van der Waals surface area contributed by atoms with Crippen LogP contribution in [0.2, 0.25) is 0 Å². The minimum Gasteiger partial charge on any atom is -0.457 e. The second-order valence-electron chi connectivity index (χ2n) is 5.67. The summed E-state index contributed by atoms with van der Waals surface area (Å²) in [4.78, 5) is 8.48. The van der Waals surface area contributed by atoms with Gasteiger partial charge in [0.25, 0.3) is 5.78 Å². The zero-order chi connectivity index (χ0) is 17.1. The number of benzene rings is 2. The number of nitrogens with zero attached hydrogens (tertiary/aromatic N) is 4.